The van der Waals surface area contributed by atoms with Crippen molar-refractivity contribution in [3.8, 4) is 6.19 Å². The van der Waals surface area contributed by atoms with Crippen LogP contribution in [-0.2, 0) is 20.7 Å². The van der Waals surface area contributed by atoms with Crippen LogP contribution in [0.25, 0.3) is 0 Å². The van der Waals surface area contributed by atoms with E-state index in [-0.39, 0.29) is 19.6 Å². The number of benzene rings is 2. The quantitative estimate of drug-likeness (QED) is 0.148. The largest absolute Gasteiger partial charge is 0.464 e. The molecule has 0 spiro atoms. The van der Waals surface area contributed by atoms with Crippen molar-refractivity contribution in [2.24, 2.45) is 4.99 Å². The van der Waals surface area contributed by atoms with E-state index in [1.165, 1.54) is 6.21 Å². The molecule has 10 heteroatoms. The second-order valence-corrected chi connectivity index (χ2v) is 7.38. The van der Waals surface area contributed by atoms with Crippen LogP contribution in [0.4, 0.5) is 5.69 Å². The summed E-state index contributed by atoms with van der Waals surface area (Å²) < 4.78 is 5.08. The summed E-state index contributed by atoms with van der Waals surface area (Å²) in [6, 6.07) is 15.1. The monoisotopic (exact) mass is 478 g/mol. The lowest BCUT2D eigenvalue weighted by atomic mass is 10.1. The highest BCUT2D eigenvalue weighted by atomic mass is 16.5. The van der Waals surface area contributed by atoms with Gasteiger partial charge in [-0.25, -0.2) is 4.79 Å². The summed E-state index contributed by atoms with van der Waals surface area (Å²) >= 11 is 0. The lowest BCUT2D eigenvalue weighted by molar-refractivity contribution is -0.147. The molecule has 2 aromatic rings. The van der Waals surface area contributed by atoms with Gasteiger partial charge >= 0.3 is 5.97 Å². The van der Waals surface area contributed by atoms with Gasteiger partial charge < -0.3 is 20.7 Å². The van der Waals surface area contributed by atoms with Gasteiger partial charge in [-0.15, -0.1) is 0 Å². The average molecular weight is 479 g/mol. The average Bonchev–Trinajstić information content (AvgIpc) is 2.86. The molecule has 0 saturated heterocycles. The molecule has 2 rings (SSSR count). The fraction of sp³-hybridized carbons (Fsp3) is 0.320. The summed E-state index contributed by atoms with van der Waals surface area (Å²) in [4.78, 5) is 41.0. The molecule has 0 fully saturated rings. The number of nitriles is 1. The molecule has 35 heavy (non-hydrogen) atoms. The zero-order valence-electron chi connectivity index (χ0n) is 19.8. The molecule has 0 radical (unpaired) electrons. The van der Waals surface area contributed by atoms with Gasteiger partial charge in [-0.05, 0) is 37.2 Å². The molecule has 0 saturated carbocycles. The first-order valence-electron chi connectivity index (χ1n) is 11.3. The number of nitrogens with zero attached hydrogens (tertiary/aromatic N) is 2. The number of hydrogen-bond donors (Lipinski definition) is 4. The van der Waals surface area contributed by atoms with Crippen molar-refractivity contribution in [1.29, 1.82) is 5.26 Å². The van der Waals surface area contributed by atoms with Crippen LogP contribution in [0.3, 0.4) is 0 Å². The zero-order valence-corrected chi connectivity index (χ0v) is 19.8. The van der Waals surface area contributed by atoms with Gasteiger partial charge in [0.15, 0.2) is 0 Å². The van der Waals surface area contributed by atoms with Gasteiger partial charge in [0.25, 0.3) is 5.91 Å². The van der Waals surface area contributed by atoms with E-state index >= 15 is 0 Å². The molecule has 0 aliphatic rings. The standard InChI is InChI=1S/C25H30N6O4/c1-3-28-22(15-27-17-26)30-20-12-8-11-19(14-20)24(33)29-16-23(32)31-21(25(34)35-4-2)13-18-9-6-5-7-10-18/h5-12,14-15,21-22,28,30H,3-4,13,16H2,1-2H3,(H,29,33)(H,31,32). The van der Waals surface area contributed by atoms with Crippen LogP contribution >= 0.6 is 0 Å². The maximum absolute atomic E-state index is 12.6. The number of carbonyl (C=O) groups is 3. The Hall–Kier alpha value is -4.23. The number of amides is 2. The number of rotatable bonds is 13. The van der Waals surface area contributed by atoms with E-state index in [0.29, 0.717) is 17.8 Å². The molecular weight excluding hydrogens is 448 g/mol. The molecule has 0 heterocycles. The maximum Gasteiger partial charge on any atom is 0.328 e. The summed E-state index contributed by atoms with van der Waals surface area (Å²) in [5.41, 5.74) is 1.83. The molecule has 0 bridgehead atoms. The fourth-order valence-electron chi connectivity index (χ4n) is 3.19. The summed E-state index contributed by atoms with van der Waals surface area (Å²) in [7, 11) is 0. The molecule has 4 N–H and O–H groups in total. The summed E-state index contributed by atoms with van der Waals surface area (Å²) in [5, 5.41) is 20.1. The van der Waals surface area contributed by atoms with Crippen molar-refractivity contribution in [3.05, 3.63) is 65.7 Å². The molecule has 0 aromatic heterocycles. The third-order valence-corrected chi connectivity index (χ3v) is 4.75. The molecule has 184 valence electrons. The minimum absolute atomic E-state index is 0.193. The Morgan fingerprint density at radius 2 is 1.89 bits per heavy atom. The number of carbonyl (C=O) groups excluding carboxylic acids is 3. The highest BCUT2D eigenvalue weighted by Crippen LogP contribution is 2.11. The van der Waals surface area contributed by atoms with E-state index in [0.717, 1.165) is 5.56 Å². The van der Waals surface area contributed by atoms with E-state index in [9.17, 15) is 14.4 Å². The number of nitrogens with one attached hydrogen (secondary N) is 4. The molecule has 10 nitrogen and oxygen atoms in total. The SMILES string of the molecule is CCNC(C=NC#N)Nc1cccc(C(=O)NCC(=O)NC(Cc2ccccc2)C(=O)OCC)c1. The Morgan fingerprint density at radius 3 is 2.57 bits per heavy atom. The van der Waals surface area contributed by atoms with Crippen molar-refractivity contribution >= 4 is 29.7 Å². The van der Waals surface area contributed by atoms with Gasteiger partial charge in [-0.1, -0.05) is 43.3 Å². The molecule has 0 aliphatic carbocycles. The van der Waals surface area contributed by atoms with Crippen LogP contribution in [0.2, 0.25) is 0 Å². The summed E-state index contributed by atoms with van der Waals surface area (Å²) in [5.74, 6) is -1.50. The highest BCUT2D eigenvalue weighted by molar-refractivity contribution is 5.97. The summed E-state index contributed by atoms with van der Waals surface area (Å²) in [6.45, 7) is 4.13. The molecule has 2 unspecified atom stereocenters. The van der Waals surface area contributed by atoms with Crippen LogP contribution < -0.4 is 21.3 Å². The minimum Gasteiger partial charge on any atom is -0.464 e. The van der Waals surface area contributed by atoms with Gasteiger partial charge in [0.1, 0.15) is 12.2 Å². The lowest BCUT2D eigenvalue weighted by Gasteiger charge is -2.18. The van der Waals surface area contributed by atoms with Crippen molar-refractivity contribution in [2.75, 3.05) is 25.0 Å². The number of ether oxygens (including phenoxy) is 1. The molecule has 2 aromatic carbocycles. The number of esters is 1. The first-order chi connectivity index (χ1) is 17.0. The van der Waals surface area contributed by atoms with Crippen molar-refractivity contribution < 1.29 is 19.1 Å². The van der Waals surface area contributed by atoms with E-state index in [2.05, 4.69) is 26.3 Å². The topological polar surface area (TPSA) is 145 Å². The normalized spacial score (nSPS) is 12.3. The molecule has 2 amide bonds. The van der Waals surface area contributed by atoms with Crippen LogP contribution in [0, 0.1) is 11.5 Å². The first kappa shape index (κ1) is 27.0. The van der Waals surface area contributed by atoms with Crippen LogP contribution in [0.15, 0.2) is 59.6 Å². The molecular formula is C25H30N6O4. The zero-order chi connectivity index (χ0) is 25.5. The Morgan fingerprint density at radius 1 is 1.11 bits per heavy atom. The van der Waals surface area contributed by atoms with Crippen molar-refractivity contribution in [3.63, 3.8) is 0 Å². The van der Waals surface area contributed by atoms with Gasteiger partial charge in [0, 0.05) is 17.7 Å². The Balaban J connectivity index is 1.97. The van der Waals surface area contributed by atoms with Crippen LogP contribution in [-0.4, -0.2) is 55.9 Å². The second-order valence-electron chi connectivity index (χ2n) is 7.38. The van der Waals surface area contributed by atoms with Gasteiger partial charge in [-0.2, -0.15) is 10.3 Å². The van der Waals surface area contributed by atoms with Crippen LogP contribution in [0.5, 0.6) is 0 Å². The number of hydrogen-bond acceptors (Lipinski definition) is 8. The number of anilines is 1. The Kier molecular flexibility index (Phi) is 11.4. The maximum atomic E-state index is 12.6. The second kappa shape index (κ2) is 14.8. The van der Waals surface area contributed by atoms with Crippen LogP contribution in [0.1, 0.15) is 29.8 Å². The smallest absolute Gasteiger partial charge is 0.328 e. The highest BCUT2D eigenvalue weighted by Gasteiger charge is 2.22. The van der Waals surface area contributed by atoms with Crippen molar-refractivity contribution in [1.82, 2.24) is 16.0 Å². The van der Waals surface area contributed by atoms with E-state index < -0.39 is 30.0 Å². The predicted octanol–water partition coefficient (Wildman–Crippen LogP) is 1.61. The van der Waals surface area contributed by atoms with Gasteiger partial charge in [-0.3, -0.25) is 14.9 Å². The lowest BCUT2D eigenvalue weighted by Crippen LogP contribution is -2.47. The first-order valence-corrected chi connectivity index (χ1v) is 11.3. The predicted molar refractivity (Wildman–Crippen MR) is 133 cm³/mol. The van der Waals surface area contributed by atoms with E-state index in [1.807, 2.05) is 37.3 Å². The van der Waals surface area contributed by atoms with Gasteiger partial charge in [0.05, 0.1) is 19.4 Å². The number of aliphatic imine (C=N–C) groups is 1. The van der Waals surface area contributed by atoms with Gasteiger partial charge in [0.2, 0.25) is 12.1 Å². The van der Waals surface area contributed by atoms with E-state index in [4.69, 9.17) is 10.00 Å². The third-order valence-electron chi connectivity index (χ3n) is 4.75. The summed E-state index contributed by atoms with van der Waals surface area (Å²) in [6.07, 6.45) is 3.00. The van der Waals surface area contributed by atoms with E-state index in [1.54, 1.807) is 37.4 Å². The third kappa shape index (κ3) is 9.65. The minimum atomic E-state index is -0.868. The fourth-order valence-corrected chi connectivity index (χ4v) is 3.19. The molecule has 0 aliphatic heterocycles. The van der Waals surface area contributed by atoms with Crippen molar-refractivity contribution in [2.45, 2.75) is 32.5 Å². The Labute approximate surface area is 204 Å². The molecule has 2 atom stereocenters. The Bertz CT molecular complexity index is 1050.